The van der Waals surface area contributed by atoms with Gasteiger partial charge in [0.2, 0.25) is 5.91 Å². The van der Waals surface area contributed by atoms with Gasteiger partial charge in [0.1, 0.15) is 16.5 Å². The summed E-state index contributed by atoms with van der Waals surface area (Å²) in [5.41, 5.74) is 0.936. The quantitative estimate of drug-likeness (QED) is 0.282. The lowest BCUT2D eigenvalue weighted by Gasteiger charge is -2.27. The first kappa shape index (κ1) is 27.9. The summed E-state index contributed by atoms with van der Waals surface area (Å²) in [6, 6.07) is 5.48. The number of nitrogens with one attached hydrogen (secondary N) is 1. The van der Waals surface area contributed by atoms with Crippen LogP contribution in [-0.2, 0) is 41.6 Å². The molecule has 2 rings (SSSR count). The molecule has 1 heterocycles. The fourth-order valence-electron chi connectivity index (χ4n) is 3.24. The number of esters is 1. The minimum atomic E-state index is -4.01. The molecule has 0 saturated carbocycles. The van der Waals surface area contributed by atoms with Crippen molar-refractivity contribution in [3.05, 3.63) is 45.9 Å². The standard InChI is InChI=1S/C23H33N3O6S2/c1-7-16-13-33-21(25-16)18(12-15-8-10-17(11-9-15)34(29,30)32-24)26-20(27)19(14(2)3)22(28)31-23(4,5)6/h8-11,13-14,18-19H,7,12,24H2,1-6H3,(H,26,27)/t18-,19-/m0/s1. The minimum Gasteiger partial charge on any atom is -0.459 e. The van der Waals surface area contributed by atoms with Gasteiger partial charge in [0.15, 0.2) is 0 Å². The fraction of sp³-hybridized carbons (Fsp3) is 0.522. The molecule has 11 heteroatoms. The zero-order chi connectivity index (χ0) is 25.7. The van der Waals surface area contributed by atoms with E-state index in [2.05, 4.69) is 14.6 Å². The number of aromatic nitrogens is 1. The monoisotopic (exact) mass is 511 g/mol. The van der Waals surface area contributed by atoms with Gasteiger partial charge in [-0.05, 0) is 57.2 Å². The molecule has 3 N–H and O–H groups in total. The number of carbonyl (C=O) groups excluding carboxylic acids is 2. The molecule has 188 valence electrons. The second-order valence-corrected chi connectivity index (χ2v) is 11.7. The molecule has 0 radical (unpaired) electrons. The molecule has 0 spiro atoms. The SMILES string of the molecule is CCc1csc([C@H](Cc2ccc(S(=O)(=O)ON)cc2)NC(=O)[C@@H](C(=O)OC(C)(C)C)C(C)C)n1. The van der Waals surface area contributed by atoms with Crippen LogP contribution >= 0.6 is 11.3 Å². The van der Waals surface area contributed by atoms with Crippen molar-refractivity contribution in [1.82, 2.24) is 10.3 Å². The van der Waals surface area contributed by atoms with E-state index in [1.54, 1.807) is 46.8 Å². The molecular formula is C23H33N3O6S2. The van der Waals surface area contributed by atoms with E-state index in [4.69, 9.17) is 10.6 Å². The number of carbonyl (C=O) groups is 2. The molecule has 0 saturated heterocycles. The van der Waals surface area contributed by atoms with Crippen LogP contribution < -0.4 is 11.2 Å². The summed E-state index contributed by atoms with van der Waals surface area (Å²) in [7, 11) is -4.01. The Hall–Kier alpha value is -2.34. The zero-order valence-corrected chi connectivity index (χ0v) is 22.0. The van der Waals surface area contributed by atoms with Crippen molar-refractivity contribution in [2.24, 2.45) is 17.7 Å². The molecule has 0 bridgehead atoms. The van der Waals surface area contributed by atoms with Crippen molar-refractivity contribution < 1.29 is 27.0 Å². The molecule has 34 heavy (non-hydrogen) atoms. The van der Waals surface area contributed by atoms with Crippen LogP contribution in [0, 0.1) is 11.8 Å². The third-order valence-corrected chi connectivity index (χ3v) is 7.04. The van der Waals surface area contributed by atoms with Gasteiger partial charge >= 0.3 is 16.1 Å². The van der Waals surface area contributed by atoms with E-state index >= 15 is 0 Å². The van der Waals surface area contributed by atoms with E-state index in [9.17, 15) is 18.0 Å². The topological polar surface area (TPSA) is 138 Å². The highest BCUT2D eigenvalue weighted by atomic mass is 32.2. The largest absolute Gasteiger partial charge is 0.459 e. The van der Waals surface area contributed by atoms with Crippen LogP contribution in [0.1, 0.15) is 63.8 Å². The van der Waals surface area contributed by atoms with Crippen LogP contribution in [0.25, 0.3) is 0 Å². The minimum absolute atomic E-state index is 0.0772. The van der Waals surface area contributed by atoms with Gasteiger partial charge < -0.3 is 10.1 Å². The van der Waals surface area contributed by atoms with Crippen molar-refractivity contribution in [3.63, 3.8) is 0 Å². The maximum Gasteiger partial charge on any atom is 0.319 e. The molecule has 1 amide bonds. The van der Waals surface area contributed by atoms with Gasteiger partial charge in [-0.3, -0.25) is 9.59 Å². The van der Waals surface area contributed by atoms with Gasteiger partial charge in [-0.25, -0.2) is 4.98 Å². The van der Waals surface area contributed by atoms with Crippen molar-refractivity contribution in [1.29, 1.82) is 0 Å². The Bertz CT molecular complexity index is 1090. The number of aryl methyl sites for hydroxylation is 1. The molecule has 0 fully saturated rings. The van der Waals surface area contributed by atoms with Crippen LogP contribution in [0.15, 0.2) is 34.5 Å². The van der Waals surface area contributed by atoms with Gasteiger partial charge in [-0.2, -0.15) is 18.6 Å². The average Bonchev–Trinajstić information content (AvgIpc) is 3.21. The maximum absolute atomic E-state index is 13.2. The van der Waals surface area contributed by atoms with Crippen molar-refractivity contribution in [2.75, 3.05) is 0 Å². The molecule has 0 aliphatic carbocycles. The summed E-state index contributed by atoms with van der Waals surface area (Å²) in [4.78, 5) is 30.5. The van der Waals surface area contributed by atoms with Gasteiger partial charge in [0, 0.05) is 5.38 Å². The Morgan fingerprint density at radius 2 is 1.79 bits per heavy atom. The van der Waals surface area contributed by atoms with E-state index in [0.29, 0.717) is 11.4 Å². The first-order valence-electron chi connectivity index (χ1n) is 11.0. The molecular weight excluding hydrogens is 478 g/mol. The lowest BCUT2D eigenvalue weighted by Crippen LogP contribution is -2.43. The summed E-state index contributed by atoms with van der Waals surface area (Å²) >= 11 is 1.42. The Morgan fingerprint density at radius 1 is 1.18 bits per heavy atom. The number of benzene rings is 1. The lowest BCUT2D eigenvalue weighted by atomic mass is 9.94. The molecule has 1 aromatic carbocycles. The summed E-state index contributed by atoms with van der Waals surface area (Å²) in [6.45, 7) is 10.8. The summed E-state index contributed by atoms with van der Waals surface area (Å²) in [5.74, 6) is 2.55. The van der Waals surface area contributed by atoms with E-state index in [1.165, 1.54) is 23.5 Å². The average molecular weight is 512 g/mol. The molecule has 2 atom stereocenters. The number of amides is 1. The summed E-state index contributed by atoms with van der Waals surface area (Å²) < 4.78 is 33.1. The van der Waals surface area contributed by atoms with Gasteiger partial charge in [0.05, 0.1) is 16.6 Å². The Balaban J connectivity index is 2.32. The van der Waals surface area contributed by atoms with Crippen molar-refractivity contribution in [3.8, 4) is 0 Å². The second kappa shape index (κ2) is 11.4. The molecule has 1 aromatic heterocycles. The second-order valence-electron chi connectivity index (χ2n) is 9.25. The number of rotatable bonds is 10. The van der Waals surface area contributed by atoms with E-state index in [-0.39, 0.29) is 10.8 Å². The summed E-state index contributed by atoms with van der Waals surface area (Å²) in [5, 5.41) is 5.59. The Kier molecular flexibility index (Phi) is 9.35. The first-order chi connectivity index (χ1) is 15.8. The third kappa shape index (κ3) is 7.59. The molecule has 0 aliphatic heterocycles. The van der Waals surface area contributed by atoms with Crippen LogP contribution in [-0.4, -0.2) is 30.9 Å². The molecule has 0 aliphatic rings. The smallest absolute Gasteiger partial charge is 0.319 e. The summed E-state index contributed by atoms with van der Waals surface area (Å²) in [6.07, 6.45) is 1.08. The normalized spacial score (nSPS) is 14.0. The maximum atomic E-state index is 13.2. The van der Waals surface area contributed by atoms with E-state index in [0.717, 1.165) is 17.7 Å². The predicted octanol–water partition coefficient (Wildman–Crippen LogP) is 3.30. The number of hydrogen-bond acceptors (Lipinski definition) is 9. The number of hydrogen-bond donors (Lipinski definition) is 2. The highest BCUT2D eigenvalue weighted by molar-refractivity contribution is 7.86. The highest BCUT2D eigenvalue weighted by Gasteiger charge is 2.35. The fourth-order valence-corrected chi connectivity index (χ4v) is 4.77. The zero-order valence-electron chi connectivity index (χ0n) is 20.3. The first-order valence-corrected chi connectivity index (χ1v) is 13.3. The molecule has 2 aromatic rings. The van der Waals surface area contributed by atoms with Crippen LogP contribution in [0.3, 0.4) is 0 Å². The number of ether oxygens (including phenoxy) is 1. The molecule has 9 nitrogen and oxygen atoms in total. The Morgan fingerprint density at radius 3 is 2.26 bits per heavy atom. The van der Waals surface area contributed by atoms with Crippen LogP contribution in [0.2, 0.25) is 0 Å². The van der Waals surface area contributed by atoms with Crippen molar-refractivity contribution in [2.45, 2.75) is 70.9 Å². The van der Waals surface area contributed by atoms with E-state index in [1.807, 2.05) is 12.3 Å². The van der Waals surface area contributed by atoms with Crippen LogP contribution in [0.5, 0.6) is 0 Å². The predicted molar refractivity (Wildman–Crippen MR) is 129 cm³/mol. The lowest BCUT2D eigenvalue weighted by molar-refractivity contribution is -0.164. The van der Waals surface area contributed by atoms with Crippen LogP contribution in [0.4, 0.5) is 0 Å². The Labute approximate surface area is 205 Å². The van der Waals surface area contributed by atoms with Gasteiger partial charge in [-0.1, -0.05) is 32.9 Å². The highest BCUT2D eigenvalue weighted by Crippen LogP contribution is 2.26. The number of thiazole rings is 1. The van der Waals surface area contributed by atoms with Crippen molar-refractivity contribution >= 4 is 33.3 Å². The number of nitrogens with two attached hydrogens (primary N) is 1. The van der Waals surface area contributed by atoms with E-state index < -0.39 is 39.6 Å². The van der Waals surface area contributed by atoms with Gasteiger partial charge in [-0.15, -0.1) is 11.3 Å². The molecule has 0 unspecified atom stereocenters. The van der Waals surface area contributed by atoms with Gasteiger partial charge in [0.25, 0.3) is 0 Å². The number of nitrogens with zero attached hydrogens (tertiary/aromatic N) is 1. The third-order valence-electron chi connectivity index (χ3n) is 4.93.